The van der Waals surface area contributed by atoms with Crippen LogP contribution in [0.3, 0.4) is 0 Å². The molecule has 0 heteroatoms. The second-order valence-electron chi connectivity index (χ2n) is 6.21. The van der Waals surface area contributed by atoms with Crippen LogP contribution in [-0.2, 0) is 0 Å². The van der Waals surface area contributed by atoms with Gasteiger partial charge in [0, 0.05) is 0 Å². The highest BCUT2D eigenvalue weighted by Crippen LogP contribution is 2.52. The maximum absolute atomic E-state index is 2.42. The quantitative estimate of drug-likeness (QED) is 0.511. The van der Waals surface area contributed by atoms with Gasteiger partial charge in [0.1, 0.15) is 0 Å². The van der Waals surface area contributed by atoms with Gasteiger partial charge in [0.2, 0.25) is 0 Å². The first-order valence-electron chi connectivity index (χ1n) is 7.07. The SMILES string of the molecule is CCCCCC(C(C)C)C1CC1C(C)C. The van der Waals surface area contributed by atoms with Crippen LogP contribution in [0.1, 0.15) is 66.7 Å². The molecule has 3 atom stereocenters. The van der Waals surface area contributed by atoms with Crippen LogP contribution in [0.25, 0.3) is 0 Å². The molecule has 90 valence electrons. The smallest absolute Gasteiger partial charge is 0.0350 e. The van der Waals surface area contributed by atoms with Crippen LogP contribution < -0.4 is 0 Å². The zero-order chi connectivity index (χ0) is 11.4. The minimum atomic E-state index is 0.899. The second-order valence-corrected chi connectivity index (χ2v) is 6.21. The summed E-state index contributed by atoms with van der Waals surface area (Å²) in [6, 6.07) is 0. The molecule has 0 N–H and O–H groups in total. The summed E-state index contributed by atoms with van der Waals surface area (Å²) < 4.78 is 0. The maximum atomic E-state index is 2.42. The van der Waals surface area contributed by atoms with Crippen LogP contribution in [-0.4, -0.2) is 0 Å². The van der Waals surface area contributed by atoms with Crippen LogP contribution in [0.4, 0.5) is 0 Å². The van der Waals surface area contributed by atoms with Gasteiger partial charge in [0.25, 0.3) is 0 Å². The van der Waals surface area contributed by atoms with E-state index in [9.17, 15) is 0 Å². The minimum absolute atomic E-state index is 0.899. The topological polar surface area (TPSA) is 0 Å². The van der Waals surface area contributed by atoms with Gasteiger partial charge >= 0.3 is 0 Å². The molecule has 1 aliphatic rings. The van der Waals surface area contributed by atoms with Gasteiger partial charge < -0.3 is 0 Å². The summed E-state index contributed by atoms with van der Waals surface area (Å²) in [4.78, 5) is 0. The van der Waals surface area contributed by atoms with Crippen molar-refractivity contribution in [3.63, 3.8) is 0 Å². The van der Waals surface area contributed by atoms with E-state index in [1.54, 1.807) is 0 Å². The molecule has 0 amide bonds. The Morgan fingerprint density at radius 3 is 2.07 bits per heavy atom. The van der Waals surface area contributed by atoms with E-state index >= 15 is 0 Å². The first-order chi connectivity index (χ1) is 7.07. The van der Waals surface area contributed by atoms with Gasteiger partial charge in [0.05, 0.1) is 0 Å². The standard InChI is InChI=1S/C15H30/c1-6-7-8-9-13(11(2)3)15-10-14(15)12(4)5/h11-15H,6-10H2,1-5H3. The Morgan fingerprint density at radius 2 is 1.67 bits per heavy atom. The molecule has 3 unspecified atom stereocenters. The predicted octanol–water partition coefficient (Wildman–Crippen LogP) is 5.13. The highest BCUT2D eigenvalue weighted by atomic mass is 14.5. The highest BCUT2D eigenvalue weighted by Gasteiger charge is 2.44. The second kappa shape index (κ2) is 5.92. The van der Waals surface area contributed by atoms with E-state index in [1.165, 1.54) is 32.1 Å². The predicted molar refractivity (Wildman–Crippen MR) is 68.9 cm³/mol. The third kappa shape index (κ3) is 3.81. The fourth-order valence-corrected chi connectivity index (χ4v) is 3.17. The normalized spacial score (nSPS) is 27.4. The van der Waals surface area contributed by atoms with Gasteiger partial charge in [-0.05, 0) is 42.4 Å². The van der Waals surface area contributed by atoms with Crippen LogP contribution in [0, 0.1) is 29.6 Å². The van der Waals surface area contributed by atoms with Gasteiger partial charge in [0.15, 0.2) is 0 Å². The molecule has 0 bridgehead atoms. The fourth-order valence-electron chi connectivity index (χ4n) is 3.17. The molecule has 0 nitrogen and oxygen atoms in total. The molecule has 1 rings (SSSR count). The number of unbranched alkanes of at least 4 members (excludes halogenated alkanes) is 2. The highest BCUT2D eigenvalue weighted by molar-refractivity contribution is 4.93. The Labute approximate surface area is 96.8 Å². The van der Waals surface area contributed by atoms with Gasteiger partial charge in [-0.25, -0.2) is 0 Å². The lowest BCUT2D eigenvalue weighted by Gasteiger charge is -2.21. The molecule has 0 spiro atoms. The van der Waals surface area contributed by atoms with Crippen molar-refractivity contribution in [3.05, 3.63) is 0 Å². The van der Waals surface area contributed by atoms with Crippen molar-refractivity contribution in [2.75, 3.05) is 0 Å². The molecule has 1 aliphatic carbocycles. The van der Waals surface area contributed by atoms with Crippen molar-refractivity contribution in [3.8, 4) is 0 Å². The summed E-state index contributed by atoms with van der Waals surface area (Å²) in [7, 11) is 0. The number of hydrogen-bond donors (Lipinski definition) is 0. The average Bonchev–Trinajstić information content (AvgIpc) is 2.91. The molecule has 1 saturated carbocycles. The molecule has 0 saturated heterocycles. The van der Waals surface area contributed by atoms with E-state index < -0.39 is 0 Å². The third-order valence-electron chi connectivity index (χ3n) is 4.29. The first kappa shape index (κ1) is 13.1. The molecular weight excluding hydrogens is 180 g/mol. The Balaban J connectivity index is 2.32. The van der Waals surface area contributed by atoms with E-state index in [-0.39, 0.29) is 0 Å². The lowest BCUT2D eigenvalue weighted by molar-refractivity contribution is 0.282. The summed E-state index contributed by atoms with van der Waals surface area (Å²) >= 11 is 0. The van der Waals surface area contributed by atoms with Crippen LogP contribution >= 0.6 is 0 Å². The number of rotatable bonds is 7. The molecule has 1 fully saturated rings. The Hall–Kier alpha value is 0. The van der Waals surface area contributed by atoms with Gasteiger partial charge in [-0.15, -0.1) is 0 Å². The van der Waals surface area contributed by atoms with Crippen molar-refractivity contribution in [1.29, 1.82) is 0 Å². The summed E-state index contributed by atoms with van der Waals surface area (Å²) in [5.74, 6) is 4.96. The van der Waals surface area contributed by atoms with E-state index in [0.29, 0.717) is 0 Å². The Kier molecular flexibility index (Phi) is 5.15. The largest absolute Gasteiger partial charge is 0.0654 e. The average molecular weight is 210 g/mol. The fraction of sp³-hybridized carbons (Fsp3) is 1.00. The van der Waals surface area contributed by atoms with Crippen molar-refractivity contribution in [2.24, 2.45) is 29.6 Å². The third-order valence-corrected chi connectivity index (χ3v) is 4.29. The zero-order valence-corrected chi connectivity index (χ0v) is 11.4. The molecule has 0 aromatic rings. The van der Waals surface area contributed by atoms with E-state index in [1.807, 2.05) is 0 Å². The first-order valence-corrected chi connectivity index (χ1v) is 7.07. The van der Waals surface area contributed by atoms with Crippen LogP contribution in [0.15, 0.2) is 0 Å². The molecule has 0 radical (unpaired) electrons. The summed E-state index contributed by atoms with van der Waals surface area (Å²) in [6.45, 7) is 11.9. The number of hydrogen-bond acceptors (Lipinski definition) is 0. The summed E-state index contributed by atoms with van der Waals surface area (Å²) in [6.07, 6.45) is 7.26. The summed E-state index contributed by atoms with van der Waals surface area (Å²) in [5.41, 5.74) is 0. The lowest BCUT2D eigenvalue weighted by atomic mass is 9.84. The Bertz CT molecular complexity index is 169. The molecule has 0 aromatic carbocycles. The van der Waals surface area contributed by atoms with Gasteiger partial charge in [-0.1, -0.05) is 53.9 Å². The maximum Gasteiger partial charge on any atom is -0.0350 e. The molecule has 0 aromatic heterocycles. The Morgan fingerprint density at radius 1 is 1.00 bits per heavy atom. The molecule has 0 heterocycles. The van der Waals surface area contributed by atoms with Gasteiger partial charge in [-0.3, -0.25) is 0 Å². The lowest BCUT2D eigenvalue weighted by Crippen LogP contribution is -2.13. The van der Waals surface area contributed by atoms with Crippen LogP contribution in [0.2, 0.25) is 0 Å². The zero-order valence-electron chi connectivity index (χ0n) is 11.4. The minimum Gasteiger partial charge on any atom is -0.0654 e. The summed E-state index contributed by atoms with van der Waals surface area (Å²) in [5, 5.41) is 0. The van der Waals surface area contributed by atoms with E-state index in [2.05, 4.69) is 34.6 Å². The van der Waals surface area contributed by atoms with E-state index in [4.69, 9.17) is 0 Å². The molecular formula is C15H30. The molecule has 15 heavy (non-hydrogen) atoms. The van der Waals surface area contributed by atoms with Crippen molar-refractivity contribution in [1.82, 2.24) is 0 Å². The van der Waals surface area contributed by atoms with Gasteiger partial charge in [-0.2, -0.15) is 0 Å². The monoisotopic (exact) mass is 210 g/mol. The molecule has 0 aliphatic heterocycles. The van der Waals surface area contributed by atoms with Crippen LogP contribution in [0.5, 0.6) is 0 Å². The van der Waals surface area contributed by atoms with E-state index in [0.717, 1.165) is 29.6 Å². The van der Waals surface area contributed by atoms with Crippen molar-refractivity contribution >= 4 is 0 Å². The van der Waals surface area contributed by atoms with Crippen molar-refractivity contribution in [2.45, 2.75) is 66.7 Å². The van der Waals surface area contributed by atoms with Crippen molar-refractivity contribution < 1.29 is 0 Å².